The monoisotopic (exact) mass is 187 g/mol. The molecule has 3 rings (SSSR count). The Morgan fingerprint density at radius 1 is 1.07 bits per heavy atom. The average Bonchev–Trinajstić information content (AvgIpc) is 2.85. The molecule has 72 valence electrons. The van der Waals surface area contributed by atoms with Gasteiger partial charge in [0.1, 0.15) is 0 Å². The lowest BCUT2D eigenvalue weighted by Gasteiger charge is -2.19. The summed E-state index contributed by atoms with van der Waals surface area (Å²) in [5.41, 5.74) is 2.36. The van der Waals surface area contributed by atoms with E-state index in [1.54, 1.807) is 0 Å². The molecule has 2 heteroatoms. The van der Waals surface area contributed by atoms with Gasteiger partial charge in [-0.2, -0.15) is 6.20 Å². The van der Waals surface area contributed by atoms with E-state index in [2.05, 4.69) is 27.6 Å². The van der Waals surface area contributed by atoms with Crippen LogP contribution in [-0.4, -0.2) is 13.2 Å². The molecule has 14 heavy (non-hydrogen) atoms. The van der Waals surface area contributed by atoms with Crippen LogP contribution in [0.1, 0.15) is 12.8 Å². The average molecular weight is 187 g/mol. The Labute approximate surface area is 83.6 Å². The molecular formula is C12H13NO. The Morgan fingerprint density at radius 2 is 1.93 bits per heavy atom. The van der Waals surface area contributed by atoms with Gasteiger partial charge in [-0.05, 0) is 6.07 Å². The summed E-state index contributed by atoms with van der Waals surface area (Å²) in [5, 5.41) is 0. The normalized spacial score (nSPS) is 16.7. The van der Waals surface area contributed by atoms with Crippen molar-refractivity contribution in [1.82, 2.24) is 4.98 Å². The van der Waals surface area contributed by atoms with Crippen LogP contribution in [-0.2, 0) is 4.37 Å². The summed E-state index contributed by atoms with van der Waals surface area (Å²) in [5.74, 6) is 1.28. The van der Waals surface area contributed by atoms with Crippen molar-refractivity contribution in [1.29, 1.82) is 0 Å². The number of hydrogen-bond donors (Lipinski definition) is 0. The van der Waals surface area contributed by atoms with E-state index in [1.165, 1.54) is 24.2 Å². The molecule has 1 fully saturated rings. The zero-order valence-corrected chi connectivity index (χ0v) is 8.07. The number of aromatic nitrogens is 1. The molecule has 0 aromatic heterocycles. The minimum atomic E-state index is 1.10. The van der Waals surface area contributed by atoms with Gasteiger partial charge in [0, 0.05) is 18.9 Å². The zero-order chi connectivity index (χ0) is 9.38. The van der Waals surface area contributed by atoms with E-state index in [0.717, 1.165) is 18.9 Å². The highest BCUT2D eigenvalue weighted by Gasteiger charge is 2.21. The Bertz CT molecular complexity index is 401. The lowest BCUT2D eigenvalue weighted by Crippen LogP contribution is -2.00. The SMILES string of the molecule is c1c[n-]c2ccc([O+]3CCCC3)c-2c1. The third kappa shape index (κ3) is 1.10. The van der Waals surface area contributed by atoms with Crippen molar-refractivity contribution in [2.24, 2.45) is 0 Å². The molecule has 0 atom stereocenters. The van der Waals surface area contributed by atoms with Gasteiger partial charge in [-0.3, -0.25) is 0 Å². The van der Waals surface area contributed by atoms with Gasteiger partial charge < -0.3 is 9.35 Å². The standard InChI is InChI=1S/C12H13NO/c1-2-9-14(8-1)12-6-5-11-10(12)4-3-7-13-11/h3-7H,1-2,8-9H2. The molecular weight excluding hydrogens is 174 g/mol. The first-order valence-electron chi connectivity index (χ1n) is 5.13. The maximum atomic E-state index is 4.33. The highest BCUT2D eigenvalue weighted by molar-refractivity contribution is 5.70. The molecule has 0 saturated carbocycles. The molecule has 0 unspecified atom stereocenters. The molecule has 0 N–H and O–H groups in total. The number of fused-ring (bicyclic) bond motifs is 1. The number of pyridine rings is 1. The molecule has 1 saturated heterocycles. The number of hydrogen-bond acceptors (Lipinski definition) is 0. The Morgan fingerprint density at radius 3 is 2.79 bits per heavy atom. The molecule has 0 amide bonds. The Hall–Kier alpha value is -1.44. The third-order valence-corrected chi connectivity index (χ3v) is 2.84. The van der Waals surface area contributed by atoms with Gasteiger partial charge in [-0.15, -0.1) is 5.69 Å². The summed E-state index contributed by atoms with van der Waals surface area (Å²) in [7, 11) is 0. The van der Waals surface area contributed by atoms with Crippen molar-refractivity contribution < 1.29 is 4.37 Å². The van der Waals surface area contributed by atoms with Crippen molar-refractivity contribution in [3.05, 3.63) is 30.5 Å². The van der Waals surface area contributed by atoms with Crippen molar-refractivity contribution in [2.45, 2.75) is 12.8 Å². The highest BCUT2D eigenvalue weighted by Crippen LogP contribution is 2.40. The highest BCUT2D eigenvalue weighted by atomic mass is 16.7. The van der Waals surface area contributed by atoms with Crippen LogP contribution in [0, 0.1) is 0 Å². The molecule has 0 spiro atoms. The summed E-state index contributed by atoms with van der Waals surface area (Å²) in [6, 6.07) is 8.40. The predicted octanol–water partition coefficient (Wildman–Crippen LogP) is 2.81. The summed E-state index contributed by atoms with van der Waals surface area (Å²) in [4.78, 5) is 4.33. The van der Waals surface area contributed by atoms with Crippen molar-refractivity contribution >= 4 is 0 Å². The Balaban J connectivity index is 2.05. The minimum Gasteiger partial charge on any atom is -0.663 e. The van der Waals surface area contributed by atoms with E-state index >= 15 is 0 Å². The largest absolute Gasteiger partial charge is 0.663 e. The molecule has 3 aliphatic rings. The molecule has 2 heterocycles. The van der Waals surface area contributed by atoms with Gasteiger partial charge in [0.25, 0.3) is 5.75 Å². The molecule has 0 aromatic carbocycles. The number of nitrogens with zero attached hydrogens (tertiary/aromatic N) is 1. The fraction of sp³-hybridized carbons (Fsp3) is 0.333. The molecule has 2 aliphatic heterocycles. The quantitative estimate of drug-likeness (QED) is 0.627. The second-order valence-corrected chi connectivity index (χ2v) is 3.74. The predicted molar refractivity (Wildman–Crippen MR) is 55.9 cm³/mol. The first kappa shape index (κ1) is 7.92. The third-order valence-electron chi connectivity index (χ3n) is 2.84. The van der Waals surface area contributed by atoms with Crippen LogP contribution in [0.4, 0.5) is 0 Å². The molecule has 0 bridgehead atoms. The summed E-state index contributed by atoms with van der Waals surface area (Å²) in [6.07, 6.45) is 4.43. The van der Waals surface area contributed by atoms with Crippen LogP contribution in [0.5, 0.6) is 5.75 Å². The Kier molecular flexibility index (Phi) is 1.72. The van der Waals surface area contributed by atoms with E-state index in [9.17, 15) is 0 Å². The van der Waals surface area contributed by atoms with Gasteiger partial charge in [-0.25, -0.2) is 0 Å². The summed E-state index contributed by atoms with van der Waals surface area (Å²) >= 11 is 0. The molecule has 2 nitrogen and oxygen atoms in total. The van der Waals surface area contributed by atoms with Crippen LogP contribution in [0.25, 0.3) is 11.3 Å². The van der Waals surface area contributed by atoms with E-state index in [1.807, 2.05) is 12.3 Å². The zero-order valence-electron chi connectivity index (χ0n) is 8.07. The van der Waals surface area contributed by atoms with Crippen molar-refractivity contribution in [2.75, 3.05) is 13.2 Å². The fourth-order valence-electron chi connectivity index (χ4n) is 2.13. The first-order valence-corrected chi connectivity index (χ1v) is 5.13. The van der Waals surface area contributed by atoms with Crippen molar-refractivity contribution in [3.8, 4) is 17.0 Å². The maximum absolute atomic E-state index is 4.33. The van der Waals surface area contributed by atoms with Crippen LogP contribution < -0.4 is 4.98 Å². The van der Waals surface area contributed by atoms with Gasteiger partial charge in [-0.1, -0.05) is 12.1 Å². The van der Waals surface area contributed by atoms with E-state index < -0.39 is 0 Å². The lowest BCUT2D eigenvalue weighted by molar-refractivity contribution is -0.00982. The first-order chi connectivity index (χ1) is 6.95. The van der Waals surface area contributed by atoms with Gasteiger partial charge in [0.05, 0.1) is 5.56 Å². The second-order valence-electron chi connectivity index (χ2n) is 3.74. The smallest absolute Gasteiger partial charge is 0.261 e. The van der Waals surface area contributed by atoms with Crippen LogP contribution in [0.2, 0.25) is 0 Å². The fourth-order valence-corrected chi connectivity index (χ4v) is 2.13. The van der Waals surface area contributed by atoms with Crippen LogP contribution in [0.3, 0.4) is 0 Å². The summed E-state index contributed by atoms with van der Waals surface area (Å²) < 4.78 is 3.29. The summed E-state index contributed by atoms with van der Waals surface area (Å²) in [6.45, 7) is 2.24. The number of rotatable bonds is 1. The van der Waals surface area contributed by atoms with E-state index in [4.69, 9.17) is 0 Å². The second kappa shape index (κ2) is 3.05. The van der Waals surface area contributed by atoms with Crippen LogP contribution in [0.15, 0.2) is 30.5 Å². The van der Waals surface area contributed by atoms with Crippen LogP contribution >= 0.6 is 0 Å². The van der Waals surface area contributed by atoms with Crippen molar-refractivity contribution in [3.63, 3.8) is 0 Å². The maximum Gasteiger partial charge on any atom is 0.261 e. The lowest BCUT2D eigenvalue weighted by atomic mass is 10.2. The molecule has 0 radical (unpaired) electrons. The van der Waals surface area contributed by atoms with E-state index in [0.29, 0.717) is 0 Å². The molecule has 1 aliphatic carbocycles. The van der Waals surface area contributed by atoms with E-state index in [-0.39, 0.29) is 0 Å². The van der Waals surface area contributed by atoms with Gasteiger partial charge in [0.15, 0.2) is 13.2 Å². The van der Waals surface area contributed by atoms with Gasteiger partial charge >= 0.3 is 0 Å². The topological polar surface area (TPSA) is 16.8 Å². The minimum absolute atomic E-state index is 1.10. The van der Waals surface area contributed by atoms with Gasteiger partial charge in [0.2, 0.25) is 0 Å². The molecule has 0 aromatic rings.